The second-order valence-electron chi connectivity index (χ2n) is 6.18. The molecule has 0 heterocycles. The highest BCUT2D eigenvalue weighted by molar-refractivity contribution is 5.96. The third-order valence-corrected chi connectivity index (χ3v) is 4.27. The Morgan fingerprint density at radius 1 is 1.04 bits per heavy atom. The summed E-state index contributed by atoms with van der Waals surface area (Å²) < 4.78 is 0. The maximum Gasteiger partial charge on any atom is 0.335 e. The molecular weight excluding hydrogens is 332 g/mol. The molecule has 0 atom stereocenters. The number of hydrogen-bond donors (Lipinski definition) is 2. The minimum absolute atomic E-state index is 0.0737. The first-order valence-corrected chi connectivity index (χ1v) is 8.21. The van der Waals surface area contributed by atoms with Crippen molar-refractivity contribution in [1.82, 2.24) is 4.90 Å². The number of rotatable bonds is 6. The van der Waals surface area contributed by atoms with Crippen molar-refractivity contribution in [3.8, 4) is 0 Å². The molecule has 0 saturated heterocycles. The fourth-order valence-electron chi connectivity index (χ4n) is 2.56. The summed E-state index contributed by atoms with van der Waals surface area (Å²) in [5.41, 5.74) is 3.27. The molecule has 0 bridgehead atoms. The van der Waals surface area contributed by atoms with Crippen LogP contribution in [0.3, 0.4) is 0 Å². The van der Waals surface area contributed by atoms with E-state index in [2.05, 4.69) is 5.32 Å². The summed E-state index contributed by atoms with van der Waals surface area (Å²) in [4.78, 5) is 37.1. The van der Waals surface area contributed by atoms with Crippen LogP contribution < -0.4 is 5.32 Å². The zero-order chi connectivity index (χ0) is 19.3. The first-order valence-electron chi connectivity index (χ1n) is 8.21. The zero-order valence-corrected chi connectivity index (χ0v) is 15.1. The summed E-state index contributed by atoms with van der Waals surface area (Å²) in [6, 6.07) is 12.0. The summed E-state index contributed by atoms with van der Waals surface area (Å²) in [7, 11) is 1.52. The Morgan fingerprint density at radius 2 is 1.73 bits per heavy atom. The fraction of sp³-hybridized carbons (Fsp3) is 0.250. The van der Waals surface area contributed by atoms with E-state index >= 15 is 0 Å². The van der Waals surface area contributed by atoms with Crippen LogP contribution in [0.1, 0.15) is 27.0 Å². The number of aryl methyl sites for hydroxylation is 1. The summed E-state index contributed by atoms with van der Waals surface area (Å²) in [5, 5.41) is 12.0. The third-order valence-electron chi connectivity index (χ3n) is 4.27. The van der Waals surface area contributed by atoms with Crippen molar-refractivity contribution in [1.29, 1.82) is 0 Å². The lowest BCUT2D eigenvalue weighted by atomic mass is 10.0. The van der Waals surface area contributed by atoms with Gasteiger partial charge in [0, 0.05) is 12.7 Å². The number of benzene rings is 2. The molecule has 26 heavy (non-hydrogen) atoms. The number of anilines is 1. The molecule has 0 fully saturated rings. The maximum absolute atomic E-state index is 12.3. The number of likely N-dealkylation sites (N-methyl/N-ethyl adjacent to an activating group) is 1. The molecule has 6 nitrogen and oxygen atoms in total. The van der Waals surface area contributed by atoms with E-state index in [0.29, 0.717) is 11.3 Å². The number of hydrogen-bond acceptors (Lipinski definition) is 3. The van der Waals surface area contributed by atoms with Crippen LogP contribution in [0.5, 0.6) is 0 Å². The van der Waals surface area contributed by atoms with E-state index in [-0.39, 0.29) is 30.3 Å². The highest BCUT2D eigenvalue weighted by Crippen LogP contribution is 2.18. The fourth-order valence-corrected chi connectivity index (χ4v) is 2.56. The zero-order valence-electron chi connectivity index (χ0n) is 15.1. The normalized spacial score (nSPS) is 10.3. The standard InChI is InChI=1S/C20H22N2O4/c1-13-7-6-10-17(14(13)2)21-18(23)12-22(3)19(24)11-15-8-4-5-9-16(15)20(25)26/h4-10H,11-12H2,1-3H3,(H,21,23)(H,25,26). The Kier molecular flexibility index (Phi) is 6.11. The van der Waals surface area contributed by atoms with Gasteiger partial charge in [-0.2, -0.15) is 0 Å². The highest BCUT2D eigenvalue weighted by atomic mass is 16.4. The summed E-state index contributed by atoms with van der Waals surface area (Å²) in [6.45, 7) is 3.77. The van der Waals surface area contributed by atoms with E-state index in [1.807, 2.05) is 32.0 Å². The van der Waals surface area contributed by atoms with Gasteiger partial charge in [0.25, 0.3) is 0 Å². The molecule has 0 spiro atoms. The molecule has 0 unspecified atom stereocenters. The van der Waals surface area contributed by atoms with Gasteiger partial charge in [0.15, 0.2) is 0 Å². The Labute approximate surface area is 152 Å². The number of carboxylic acids is 1. The number of carbonyl (C=O) groups is 3. The van der Waals surface area contributed by atoms with E-state index < -0.39 is 5.97 Å². The molecule has 2 aromatic carbocycles. The van der Waals surface area contributed by atoms with Gasteiger partial charge in [-0.05, 0) is 42.7 Å². The van der Waals surface area contributed by atoms with Crippen LogP contribution in [0.2, 0.25) is 0 Å². The minimum Gasteiger partial charge on any atom is -0.478 e. The van der Waals surface area contributed by atoms with Crippen LogP contribution in [0, 0.1) is 13.8 Å². The number of aromatic carboxylic acids is 1. The smallest absolute Gasteiger partial charge is 0.335 e. The molecule has 2 rings (SSSR count). The molecule has 136 valence electrons. The summed E-state index contributed by atoms with van der Waals surface area (Å²) in [6.07, 6.45) is -0.0737. The highest BCUT2D eigenvalue weighted by Gasteiger charge is 2.17. The Morgan fingerprint density at radius 3 is 2.42 bits per heavy atom. The van der Waals surface area contributed by atoms with Crippen LogP contribution in [0.4, 0.5) is 5.69 Å². The topological polar surface area (TPSA) is 86.7 Å². The number of nitrogens with one attached hydrogen (secondary N) is 1. The molecule has 6 heteroatoms. The van der Waals surface area contributed by atoms with Gasteiger partial charge in [0.2, 0.25) is 11.8 Å². The quantitative estimate of drug-likeness (QED) is 0.835. The molecule has 2 N–H and O–H groups in total. The van der Waals surface area contributed by atoms with Crippen LogP contribution in [-0.4, -0.2) is 41.4 Å². The molecule has 0 saturated carbocycles. The van der Waals surface area contributed by atoms with Gasteiger partial charge in [-0.25, -0.2) is 4.79 Å². The maximum atomic E-state index is 12.3. The van der Waals surface area contributed by atoms with Crippen LogP contribution in [-0.2, 0) is 16.0 Å². The van der Waals surface area contributed by atoms with Crippen molar-refractivity contribution < 1.29 is 19.5 Å². The van der Waals surface area contributed by atoms with Crippen LogP contribution in [0.25, 0.3) is 0 Å². The van der Waals surface area contributed by atoms with Crippen molar-refractivity contribution in [3.05, 3.63) is 64.7 Å². The largest absolute Gasteiger partial charge is 0.478 e. The van der Waals surface area contributed by atoms with Gasteiger partial charge in [-0.15, -0.1) is 0 Å². The summed E-state index contributed by atoms with van der Waals surface area (Å²) >= 11 is 0. The van der Waals surface area contributed by atoms with Crippen molar-refractivity contribution in [2.24, 2.45) is 0 Å². The van der Waals surface area contributed by atoms with Gasteiger partial charge >= 0.3 is 5.97 Å². The SMILES string of the molecule is Cc1cccc(NC(=O)CN(C)C(=O)Cc2ccccc2C(=O)O)c1C. The number of nitrogens with zero attached hydrogens (tertiary/aromatic N) is 1. The molecule has 0 aliphatic heterocycles. The molecule has 0 aliphatic rings. The predicted octanol–water partition coefficient (Wildman–Crippen LogP) is 2.64. The molecule has 2 amide bonds. The van der Waals surface area contributed by atoms with Crippen LogP contribution in [0.15, 0.2) is 42.5 Å². The Hall–Kier alpha value is -3.15. The van der Waals surface area contributed by atoms with E-state index in [0.717, 1.165) is 11.1 Å². The van der Waals surface area contributed by atoms with Gasteiger partial charge in [0.05, 0.1) is 18.5 Å². The predicted molar refractivity (Wildman–Crippen MR) is 99.3 cm³/mol. The van der Waals surface area contributed by atoms with E-state index in [9.17, 15) is 19.5 Å². The summed E-state index contributed by atoms with van der Waals surface area (Å²) in [5.74, 6) is -1.71. The van der Waals surface area contributed by atoms with E-state index in [1.165, 1.54) is 18.0 Å². The lowest BCUT2D eigenvalue weighted by Crippen LogP contribution is -2.36. The first kappa shape index (κ1) is 19.2. The molecule has 2 aromatic rings. The van der Waals surface area contributed by atoms with Gasteiger partial charge in [-0.3, -0.25) is 9.59 Å². The van der Waals surface area contributed by atoms with E-state index in [4.69, 9.17) is 0 Å². The second kappa shape index (κ2) is 8.29. The van der Waals surface area contributed by atoms with Crippen molar-refractivity contribution in [2.45, 2.75) is 20.3 Å². The Balaban J connectivity index is 2.00. The van der Waals surface area contributed by atoms with Gasteiger partial charge < -0.3 is 15.3 Å². The average molecular weight is 354 g/mol. The van der Waals surface area contributed by atoms with Gasteiger partial charge in [0.1, 0.15) is 0 Å². The van der Waals surface area contributed by atoms with Crippen molar-refractivity contribution in [3.63, 3.8) is 0 Å². The monoisotopic (exact) mass is 354 g/mol. The third kappa shape index (κ3) is 4.69. The Bertz CT molecular complexity index is 845. The van der Waals surface area contributed by atoms with Crippen molar-refractivity contribution >= 4 is 23.5 Å². The number of carbonyl (C=O) groups excluding carboxylic acids is 2. The van der Waals surface area contributed by atoms with Crippen LogP contribution >= 0.6 is 0 Å². The molecule has 0 radical (unpaired) electrons. The second-order valence-corrected chi connectivity index (χ2v) is 6.18. The lowest BCUT2D eigenvalue weighted by Gasteiger charge is -2.18. The first-order chi connectivity index (χ1) is 12.3. The molecular formula is C20H22N2O4. The van der Waals surface area contributed by atoms with Gasteiger partial charge in [-0.1, -0.05) is 30.3 Å². The number of amides is 2. The molecule has 0 aliphatic carbocycles. The minimum atomic E-state index is -1.08. The average Bonchev–Trinajstić information content (AvgIpc) is 2.59. The van der Waals surface area contributed by atoms with Crippen molar-refractivity contribution in [2.75, 3.05) is 18.9 Å². The molecule has 0 aromatic heterocycles. The van der Waals surface area contributed by atoms with E-state index in [1.54, 1.807) is 18.2 Å². The lowest BCUT2D eigenvalue weighted by molar-refractivity contribution is -0.132. The number of carboxylic acid groups (broad SMARTS) is 1.